The number of halogens is 1. The van der Waals surface area contributed by atoms with E-state index in [9.17, 15) is 9.18 Å². The molecule has 6 heteroatoms. The number of aromatic nitrogens is 2. The molecule has 132 valence electrons. The van der Waals surface area contributed by atoms with Crippen LogP contribution in [0.5, 0.6) is 0 Å². The number of carbonyl (C=O) groups is 1. The van der Waals surface area contributed by atoms with Crippen LogP contribution in [-0.2, 0) is 4.79 Å². The molecule has 0 saturated carbocycles. The second-order valence-corrected chi connectivity index (χ2v) is 6.66. The van der Waals surface area contributed by atoms with Crippen LogP contribution in [-0.4, -0.2) is 59.4 Å². The van der Waals surface area contributed by atoms with Crippen molar-refractivity contribution in [1.82, 2.24) is 19.8 Å². The van der Waals surface area contributed by atoms with Gasteiger partial charge in [-0.05, 0) is 43.7 Å². The van der Waals surface area contributed by atoms with Crippen LogP contribution in [0.25, 0.3) is 11.3 Å². The van der Waals surface area contributed by atoms with Crippen molar-refractivity contribution >= 4 is 5.91 Å². The molecule has 1 fully saturated rings. The number of carbonyl (C=O) groups excluding carboxylic acids is 1. The molecular formula is C19H23FN4O. The quantitative estimate of drug-likeness (QED) is 0.857. The van der Waals surface area contributed by atoms with Gasteiger partial charge in [0, 0.05) is 44.5 Å². The molecular weight excluding hydrogens is 319 g/mol. The van der Waals surface area contributed by atoms with Gasteiger partial charge in [0.05, 0.1) is 17.9 Å². The third-order valence-electron chi connectivity index (χ3n) is 4.59. The standard InChI is InChI=1S/C19H23FN4O/c1-23(2)17(25)13-24-11-3-4-15(12-24)19-18(21-9-10-22-19)14-5-7-16(20)8-6-14/h5-10,15H,3-4,11-13H2,1-2H3. The molecule has 0 N–H and O–H groups in total. The van der Waals surface area contributed by atoms with Gasteiger partial charge in [-0.2, -0.15) is 0 Å². The van der Waals surface area contributed by atoms with E-state index < -0.39 is 0 Å². The zero-order valence-electron chi connectivity index (χ0n) is 14.7. The fourth-order valence-electron chi connectivity index (χ4n) is 3.23. The van der Waals surface area contributed by atoms with Crippen molar-refractivity contribution in [1.29, 1.82) is 0 Å². The van der Waals surface area contributed by atoms with Crippen molar-refractivity contribution in [2.24, 2.45) is 0 Å². The highest BCUT2D eigenvalue weighted by atomic mass is 19.1. The molecule has 0 aliphatic carbocycles. The molecule has 2 aromatic rings. The Morgan fingerprint density at radius 3 is 2.68 bits per heavy atom. The zero-order chi connectivity index (χ0) is 17.8. The highest BCUT2D eigenvalue weighted by Gasteiger charge is 2.26. The maximum absolute atomic E-state index is 13.2. The monoisotopic (exact) mass is 342 g/mol. The van der Waals surface area contributed by atoms with Gasteiger partial charge < -0.3 is 4.90 Å². The summed E-state index contributed by atoms with van der Waals surface area (Å²) in [6.07, 6.45) is 5.40. The van der Waals surface area contributed by atoms with Gasteiger partial charge in [0.15, 0.2) is 0 Å². The third kappa shape index (κ3) is 4.20. The second kappa shape index (κ2) is 7.70. The molecule has 5 nitrogen and oxygen atoms in total. The Morgan fingerprint density at radius 2 is 1.96 bits per heavy atom. The summed E-state index contributed by atoms with van der Waals surface area (Å²) in [6, 6.07) is 6.35. The van der Waals surface area contributed by atoms with Crippen LogP contribution in [0.2, 0.25) is 0 Å². The number of hydrogen-bond acceptors (Lipinski definition) is 4. The molecule has 1 saturated heterocycles. The summed E-state index contributed by atoms with van der Waals surface area (Å²) in [5.74, 6) is 0.0660. The number of benzene rings is 1. The first-order valence-corrected chi connectivity index (χ1v) is 8.54. The Bertz CT molecular complexity index is 732. The van der Waals surface area contributed by atoms with Gasteiger partial charge in [0.25, 0.3) is 0 Å². The summed E-state index contributed by atoms with van der Waals surface area (Å²) in [6.45, 7) is 2.13. The zero-order valence-corrected chi connectivity index (χ0v) is 14.7. The summed E-state index contributed by atoms with van der Waals surface area (Å²) in [7, 11) is 3.55. The van der Waals surface area contributed by atoms with E-state index in [1.807, 2.05) is 0 Å². The Labute approximate surface area is 147 Å². The Balaban J connectivity index is 1.82. The van der Waals surface area contributed by atoms with E-state index in [1.54, 1.807) is 43.5 Å². The molecule has 1 aliphatic rings. The summed E-state index contributed by atoms with van der Waals surface area (Å²) < 4.78 is 13.2. The van der Waals surface area contributed by atoms with Gasteiger partial charge in [-0.3, -0.25) is 19.7 Å². The van der Waals surface area contributed by atoms with Gasteiger partial charge in [-0.1, -0.05) is 0 Å². The molecule has 25 heavy (non-hydrogen) atoms. The SMILES string of the molecule is CN(C)C(=O)CN1CCCC(c2nccnc2-c2ccc(F)cc2)C1. The molecule has 0 spiro atoms. The van der Waals surface area contributed by atoms with Gasteiger partial charge >= 0.3 is 0 Å². The lowest BCUT2D eigenvalue weighted by Crippen LogP contribution is -2.41. The van der Waals surface area contributed by atoms with Crippen LogP contribution in [0, 0.1) is 5.82 Å². The van der Waals surface area contributed by atoms with E-state index in [4.69, 9.17) is 0 Å². The van der Waals surface area contributed by atoms with Crippen molar-refractivity contribution in [3.63, 3.8) is 0 Å². The van der Waals surface area contributed by atoms with Gasteiger partial charge in [-0.15, -0.1) is 0 Å². The molecule has 3 rings (SSSR count). The summed E-state index contributed by atoms with van der Waals surface area (Å²) in [5, 5.41) is 0. The van der Waals surface area contributed by atoms with Crippen LogP contribution in [0.4, 0.5) is 4.39 Å². The minimum atomic E-state index is -0.264. The Kier molecular flexibility index (Phi) is 5.38. The van der Waals surface area contributed by atoms with E-state index in [1.165, 1.54) is 12.1 Å². The van der Waals surface area contributed by atoms with Gasteiger partial charge in [0.2, 0.25) is 5.91 Å². The van der Waals surface area contributed by atoms with E-state index in [2.05, 4.69) is 14.9 Å². The van der Waals surface area contributed by atoms with Crippen LogP contribution >= 0.6 is 0 Å². The molecule has 0 radical (unpaired) electrons. The molecule has 1 aliphatic heterocycles. The van der Waals surface area contributed by atoms with Crippen molar-refractivity contribution in [2.75, 3.05) is 33.7 Å². The molecule has 1 unspecified atom stereocenters. The number of nitrogens with zero attached hydrogens (tertiary/aromatic N) is 4. The Morgan fingerprint density at radius 1 is 1.24 bits per heavy atom. The molecule has 1 atom stereocenters. The number of likely N-dealkylation sites (tertiary alicyclic amines) is 1. The van der Waals surface area contributed by atoms with Crippen LogP contribution in [0.1, 0.15) is 24.5 Å². The van der Waals surface area contributed by atoms with Crippen molar-refractivity contribution in [3.05, 3.63) is 48.2 Å². The number of likely N-dealkylation sites (N-methyl/N-ethyl adjacent to an activating group) is 1. The highest BCUT2D eigenvalue weighted by molar-refractivity contribution is 5.77. The molecule has 1 aromatic heterocycles. The first-order chi connectivity index (χ1) is 12.0. The summed E-state index contributed by atoms with van der Waals surface area (Å²) in [5.41, 5.74) is 2.59. The first kappa shape index (κ1) is 17.5. The average Bonchev–Trinajstić information content (AvgIpc) is 2.62. The lowest BCUT2D eigenvalue weighted by Gasteiger charge is -2.33. The number of amides is 1. The van der Waals surface area contributed by atoms with Crippen LogP contribution in [0.3, 0.4) is 0 Å². The molecule has 2 heterocycles. The molecule has 1 aromatic carbocycles. The van der Waals surface area contributed by atoms with Gasteiger partial charge in [0.1, 0.15) is 5.82 Å². The smallest absolute Gasteiger partial charge is 0.236 e. The fourth-order valence-corrected chi connectivity index (χ4v) is 3.23. The van der Waals surface area contributed by atoms with E-state index in [0.717, 1.165) is 42.9 Å². The lowest BCUT2D eigenvalue weighted by atomic mass is 9.91. The van der Waals surface area contributed by atoms with Crippen LogP contribution < -0.4 is 0 Å². The number of hydrogen-bond donors (Lipinski definition) is 0. The first-order valence-electron chi connectivity index (χ1n) is 8.54. The highest BCUT2D eigenvalue weighted by Crippen LogP contribution is 2.31. The minimum absolute atomic E-state index is 0.110. The lowest BCUT2D eigenvalue weighted by molar-refractivity contribution is -0.130. The molecule has 0 bridgehead atoms. The van der Waals surface area contributed by atoms with Crippen molar-refractivity contribution in [2.45, 2.75) is 18.8 Å². The summed E-state index contributed by atoms with van der Waals surface area (Å²) in [4.78, 5) is 24.9. The molecule has 1 amide bonds. The van der Waals surface area contributed by atoms with Crippen LogP contribution in [0.15, 0.2) is 36.7 Å². The Hall–Kier alpha value is -2.34. The van der Waals surface area contributed by atoms with Gasteiger partial charge in [-0.25, -0.2) is 4.39 Å². The summed E-state index contributed by atoms with van der Waals surface area (Å²) >= 11 is 0. The minimum Gasteiger partial charge on any atom is -0.348 e. The number of rotatable bonds is 4. The fraction of sp³-hybridized carbons (Fsp3) is 0.421. The van der Waals surface area contributed by atoms with Crippen molar-refractivity contribution < 1.29 is 9.18 Å². The van der Waals surface area contributed by atoms with E-state index in [-0.39, 0.29) is 17.6 Å². The van der Waals surface area contributed by atoms with E-state index >= 15 is 0 Å². The normalized spacial score (nSPS) is 18.1. The number of piperidine rings is 1. The maximum Gasteiger partial charge on any atom is 0.236 e. The third-order valence-corrected chi connectivity index (χ3v) is 4.59. The van der Waals surface area contributed by atoms with Crippen molar-refractivity contribution in [3.8, 4) is 11.3 Å². The van der Waals surface area contributed by atoms with E-state index in [0.29, 0.717) is 6.54 Å². The maximum atomic E-state index is 13.2. The predicted octanol–water partition coefficient (Wildman–Crippen LogP) is 2.55. The second-order valence-electron chi connectivity index (χ2n) is 6.66. The topological polar surface area (TPSA) is 49.3 Å². The largest absolute Gasteiger partial charge is 0.348 e. The predicted molar refractivity (Wildman–Crippen MR) is 94.5 cm³/mol. The average molecular weight is 342 g/mol.